The van der Waals surface area contributed by atoms with Gasteiger partial charge in [-0.1, -0.05) is 55.0 Å². The molecule has 1 unspecified atom stereocenters. The van der Waals surface area contributed by atoms with E-state index in [0.717, 1.165) is 15.4 Å². The van der Waals surface area contributed by atoms with E-state index in [-0.39, 0.29) is 17.3 Å². The summed E-state index contributed by atoms with van der Waals surface area (Å²) in [5, 5.41) is 2.78. The molecule has 2 aromatic carbocycles. The fourth-order valence-electron chi connectivity index (χ4n) is 3.44. The molecule has 174 valence electrons. The molecular formula is C24H33N3O4S. The summed E-state index contributed by atoms with van der Waals surface area (Å²) < 4.78 is 26.9. The van der Waals surface area contributed by atoms with Gasteiger partial charge in [0.25, 0.3) is 0 Å². The Morgan fingerprint density at radius 1 is 1.00 bits per heavy atom. The first-order valence-corrected chi connectivity index (χ1v) is 12.3. The molecule has 0 radical (unpaired) electrons. The van der Waals surface area contributed by atoms with Crippen LogP contribution in [-0.4, -0.2) is 62.2 Å². The van der Waals surface area contributed by atoms with Crippen LogP contribution >= 0.6 is 0 Å². The van der Waals surface area contributed by atoms with Crippen LogP contribution in [0.25, 0.3) is 0 Å². The zero-order valence-corrected chi connectivity index (χ0v) is 20.1. The van der Waals surface area contributed by atoms with Gasteiger partial charge in [0.2, 0.25) is 21.8 Å². The predicted molar refractivity (Wildman–Crippen MR) is 126 cm³/mol. The molecule has 2 rings (SSSR count). The summed E-state index contributed by atoms with van der Waals surface area (Å²) in [4.78, 5) is 27.5. The lowest BCUT2D eigenvalue weighted by atomic mass is 10.1. The second-order valence-electron chi connectivity index (χ2n) is 7.72. The minimum atomic E-state index is -3.83. The van der Waals surface area contributed by atoms with Crippen LogP contribution in [0.4, 0.5) is 0 Å². The van der Waals surface area contributed by atoms with Crippen LogP contribution in [0.5, 0.6) is 0 Å². The van der Waals surface area contributed by atoms with Crippen molar-refractivity contribution in [1.29, 1.82) is 0 Å². The minimum absolute atomic E-state index is 0.130. The molecule has 1 atom stereocenters. The Labute approximate surface area is 191 Å². The zero-order valence-electron chi connectivity index (χ0n) is 19.2. The number of sulfonamides is 1. The fourth-order valence-corrected chi connectivity index (χ4v) is 4.56. The Morgan fingerprint density at radius 2 is 1.62 bits per heavy atom. The van der Waals surface area contributed by atoms with Crippen molar-refractivity contribution < 1.29 is 18.0 Å². The Kier molecular flexibility index (Phi) is 9.41. The van der Waals surface area contributed by atoms with E-state index in [1.807, 2.05) is 51.1 Å². The van der Waals surface area contributed by atoms with E-state index in [1.165, 1.54) is 24.1 Å². The Morgan fingerprint density at radius 3 is 2.19 bits per heavy atom. The standard InChI is InChI=1S/C24H33N3O4S/c1-5-22(24(29)25-6-2)27(17-16-20-10-8-7-9-11-20)23(28)18-26(4)32(30,31)21-14-12-19(3)13-15-21/h7-15,22H,5-6,16-18H2,1-4H3,(H,25,29). The van der Waals surface area contributed by atoms with Crippen molar-refractivity contribution in [2.45, 2.75) is 44.6 Å². The molecule has 8 heteroatoms. The van der Waals surface area contributed by atoms with Gasteiger partial charge in [0.15, 0.2) is 0 Å². The molecule has 2 aromatic rings. The maximum absolute atomic E-state index is 13.3. The number of hydrogen-bond acceptors (Lipinski definition) is 4. The van der Waals surface area contributed by atoms with Crippen molar-refractivity contribution in [1.82, 2.24) is 14.5 Å². The van der Waals surface area contributed by atoms with Crippen LogP contribution in [0, 0.1) is 6.92 Å². The normalized spacial score (nSPS) is 12.4. The number of nitrogens with zero attached hydrogens (tertiary/aromatic N) is 2. The van der Waals surface area contributed by atoms with Crippen molar-refractivity contribution in [3.8, 4) is 0 Å². The van der Waals surface area contributed by atoms with Crippen LogP contribution in [0.1, 0.15) is 31.4 Å². The van der Waals surface area contributed by atoms with E-state index in [2.05, 4.69) is 5.32 Å². The Balaban J connectivity index is 2.23. The van der Waals surface area contributed by atoms with E-state index in [9.17, 15) is 18.0 Å². The molecule has 0 saturated carbocycles. The van der Waals surface area contributed by atoms with Crippen molar-refractivity contribution in [2.75, 3.05) is 26.7 Å². The molecule has 2 amide bonds. The van der Waals surface area contributed by atoms with Gasteiger partial charge in [0.1, 0.15) is 6.04 Å². The lowest BCUT2D eigenvalue weighted by Crippen LogP contribution is -2.52. The molecule has 0 fully saturated rings. The summed E-state index contributed by atoms with van der Waals surface area (Å²) in [5.41, 5.74) is 1.99. The lowest BCUT2D eigenvalue weighted by molar-refractivity contribution is -0.140. The average Bonchev–Trinajstić information content (AvgIpc) is 2.77. The number of nitrogens with one attached hydrogen (secondary N) is 1. The third-order valence-electron chi connectivity index (χ3n) is 5.31. The lowest BCUT2D eigenvalue weighted by Gasteiger charge is -2.31. The SMILES string of the molecule is CCNC(=O)C(CC)N(CCc1ccccc1)C(=O)CN(C)S(=O)(=O)c1ccc(C)cc1. The summed E-state index contributed by atoms with van der Waals surface area (Å²) >= 11 is 0. The Bertz CT molecular complexity index is 992. The molecule has 0 bridgehead atoms. The third-order valence-corrected chi connectivity index (χ3v) is 7.13. The van der Waals surface area contributed by atoms with Gasteiger partial charge >= 0.3 is 0 Å². The number of aryl methyl sites for hydroxylation is 1. The maximum atomic E-state index is 13.3. The molecule has 1 N–H and O–H groups in total. The minimum Gasteiger partial charge on any atom is -0.355 e. The number of benzene rings is 2. The van der Waals surface area contributed by atoms with Crippen LogP contribution in [0.15, 0.2) is 59.5 Å². The monoisotopic (exact) mass is 459 g/mol. The van der Waals surface area contributed by atoms with Crippen molar-refractivity contribution in [2.24, 2.45) is 0 Å². The molecule has 0 heterocycles. The van der Waals surface area contributed by atoms with Crippen LogP contribution in [-0.2, 0) is 26.0 Å². The number of likely N-dealkylation sites (N-methyl/N-ethyl adjacent to an activating group) is 2. The first-order valence-electron chi connectivity index (χ1n) is 10.8. The van der Waals surface area contributed by atoms with E-state index < -0.39 is 22.0 Å². The largest absolute Gasteiger partial charge is 0.355 e. The van der Waals surface area contributed by atoms with Gasteiger partial charge in [-0.2, -0.15) is 4.31 Å². The summed E-state index contributed by atoms with van der Waals surface area (Å²) in [5.74, 6) is -0.641. The third kappa shape index (κ3) is 6.64. The molecule has 7 nitrogen and oxygen atoms in total. The van der Waals surface area contributed by atoms with E-state index in [1.54, 1.807) is 12.1 Å². The van der Waals surface area contributed by atoms with Gasteiger partial charge in [-0.15, -0.1) is 0 Å². The van der Waals surface area contributed by atoms with Gasteiger partial charge < -0.3 is 10.2 Å². The molecule has 0 spiro atoms. The van der Waals surface area contributed by atoms with Gasteiger partial charge in [-0.25, -0.2) is 8.42 Å². The summed E-state index contributed by atoms with van der Waals surface area (Å²) in [6.45, 7) is 5.97. The molecule has 32 heavy (non-hydrogen) atoms. The van der Waals surface area contributed by atoms with E-state index >= 15 is 0 Å². The van der Waals surface area contributed by atoms with Crippen molar-refractivity contribution in [3.05, 3.63) is 65.7 Å². The summed E-state index contributed by atoms with van der Waals surface area (Å²) in [6.07, 6.45) is 0.998. The molecule has 0 aliphatic heterocycles. The van der Waals surface area contributed by atoms with Crippen molar-refractivity contribution >= 4 is 21.8 Å². The van der Waals surface area contributed by atoms with Gasteiger partial charge in [-0.3, -0.25) is 9.59 Å². The molecular weight excluding hydrogens is 426 g/mol. The quantitative estimate of drug-likeness (QED) is 0.560. The van der Waals surface area contributed by atoms with Crippen LogP contribution in [0.2, 0.25) is 0 Å². The highest BCUT2D eigenvalue weighted by molar-refractivity contribution is 7.89. The first kappa shape index (κ1) is 25.5. The first-order chi connectivity index (χ1) is 15.2. The smallest absolute Gasteiger partial charge is 0.243 e. The second-order valence-corrected chi connectivity index (χ2v) is 9.76. The number of amides is 2. The highest BCUT2D eigenvalue weighted by atomic mass is 32.2. The summed E-state index contributed by atoms with van der Waals surface area (Å²) in [7, 11) is -2.44. The van der Waals surface area contributed by atoms with E-state index in [4.69, 9.17) is 0 Å². The Hall–Kier alpha value is -2.71. The maximum Gasteiger partial charge on any atom is 0.243 e. The molecule has 0 aliphatic rings. The van der Waals surface area contributed by atoms with Gasteiger partial charge in [0, 0.05) is 20.1 Å². The second kappa shape index (κ2) is 11.8. The number of hydrogen-bond donors (Lipinski definition) is 1. The molecule has 0 aromatic heterocycles. The van der Waals surface area contributed by atoms with Crippen LogP contribution in [0.3, 0.4) is 0 Å². The number of rotatable bonds is 11. The average molecular weight is 460 g/mol. The highest BCUT2D eigenvalue weighted by Gasteiger charge is 2.31. The van der Waals surface area contributed by atoms with Crippen LogP contribution < -0.4 is 5.32 Å². The highest BCUT2D eigenvalue weighted by Crippen LogP contribution is 2.16. The fraction of sp³-hybridized carbons (Fsp3) is 0.417. The summed E-state index contributed by atoms with van der Waals surface area (Å²) in [6, 6.07) is 15.5. The molecule has 0 aliphatic carbocycles. The zero-order chi connectivity index (χ0) is 23.7. The number of carbonyl (C=O) groups is 2. The van der Waals surface area contributed by atoms with E-state index in [0.29, 0.717) is 25.9 Å². The predicted octanol–water partition coefficient (Wildman–Crippen LogP) is 2.60. The molecule has 0 saturated heterocycles. The van der Waals surface area contributed by atoms with Gasteiger partial charge in [0.05, 0.1) is 11.4 Å². The number of carbonyl (C=O) groups excluding carboxylic acids is 2. The van der Waals surface area contributed by atoms with Crippen molar-refractivity contribution in [3.63, 3.8) is 0 Å². The topological polar surface area (TPSA) is 86.8 Å². The van der Waals surface area contributed by atoms with Gasteiger partial charge in [-0.05, 0) is 44.4 Å².